The SMILES string of the molecule is O=C(Nc1ccc2c(c1)OCCO2)c1cccc(N2C(=O)CCS2(=O)=O)c1. The Morgan fingerprint density at radius 3 is 2.56 bits per heavy atom. The van der Waals surface area contributed by atoms with Crippen molar-refractivity contribution in [1.82, 2.24) is 0 Å². The van der Waals surface area contributed by atoms with Crippen molar-refractivity contribution in [3.8, 4) is 11.5 Å². The second-order valence-corrected chi connectivity index (χ2v) is 8.02. The molecule has 4 rings (SSSR count). The van der Waals surface area contributed by atoms with Crippen LogP contribution >= 0.6 is 0 Å². The lowest BCUT2D eigenvalue weighted by molar-refractivity contribution is -0.116. The predicted octanol–water partition coefficient (Wildman–Crippen LogP) is 1.78. The maximum Gasteiger partial charge on any atom is 0.255 e. The number of fused-ring (bicyclic) bond motifs is 1. The third-order valence-corrected chi connectivity index (χ3v) is 5.91. The van der Waals surface area contributed by atoms with Crippen molar-refractivity contribution in [3.63, 3.8) is 0 Å². The maximum absolute atomic E-state index is 12.6. The molecule has 0 aromatic heterocycles. The summed E-state index contributed by atoms with van der Waals surface area (Å²) in [5, 5.41) is 2.73. The van der Waals surface area contributed by atoms with E-state index >= 15 is 0 Å². The van der Waals surface area contributed by atoms with Gasteiger partial charge >= 0.3 is 0 Å². The molecule has 2 aromatic carbocycles. The predicted molar refractivity (Wildman–Crippen MR) is 97.7 cm³/mol. The molecule has 0 unspecified atom stereocenters. The number of ether oxygens (including phenoxy) is 2. The van der Waals surface area contributed by atoms with E-state index in [9.17, 15) is 18.0 Å². The summed E-state index contributed by atoms with van der Waals surface area (Å²) in [6.07, 6.45) is -0.0596. The minimum absolute atomic E-state index is 0.0596. The maximum atomic E-state index is 12.6. The molecule has 1 saturated heterocycles. The van der Waals surface area contributed by atoms with Crippen molar-refractivity contribution in [1.29, 1.82) is 0 Å². The zero-order chi connectivity index (χ0) is 19.0. The van der Waals surface area contributed by atoms with Gasteiger partial charge in [-0.25, -0.2) is 12.7 Å². The highest BCUT2D eigenvalue weighted by Gasteiger charge is 2.36. The van der Waals surface area contributed by atoms with Crippen molar-refractivity contribution >= 4 is 33.2 Å². The molecule has 2 heterocycles. The van der Waals surface area contributed by atoms with Crippen molar-refractivity contribution in [2.24, 2.45) is 0 Å². The monoisotopic (exact) mass is 388 g/mol. The Hall–Kier alpha value is -3.07. The third kappa shape index (κ3) is 3.33. The van der Waals surface area contributed by atoms with Crippen molar-refractivity contribution < 1.29 is 27.5 Å². The Balaban J connectivity index is 1.57. The van der Waals surface area contributed by atoms with E-state index in [0.29, 0.717) is 30.4 Å². The average Bonchev–Trinajstić information content (AvgIpc) is 2.94. The molecular formula is C18H16N2O6S. The molecule has 2 aromatic rings. The fraction of sp³-hybridized carbons (Fsp3) is 0.222. The quantitative estimate of drug-likeness (QED) is 0.860. The van der Waals surface area contributed by atoms with Crippen LogP contribution in [-0.2, 0) is 14.8 Å². The number of rotatable bonds is 3. The van der Waals surface area contributed by atoms with Gasteiger partial charge in [-0.15, -0.1) is 0 Å². The Labute approximate surface area is 155 Å². The zero-order valence-corrected chi connectivity index (χ0v) is 15.0. The van der Waals surface area contributed by atoms with Gasteiger partial charge in [-0.3, -0.25) is 9.59 Å². The summed E-state index contributed by atoms with van der Waals surface area (Å²) >= 11 is 0. The first-order valence-electron chi connectivity index (χ1n) is 8.31. The molecule has 0 aliphatic carbocycles. The lowest BCUT2D eigenvalue weighted by atomic mass is 10.1. The first-order valence-corrected chi connectivity index (χ1v) is 9.92. The summed E-state index contributed by atoms with van der Waals surface area (Å²) in [6.45, 7) is 0.911. The number of nitrogens with one attached hydrogen (secondary N) is 1. The smallest absolute Gasteiger partial charge is 0.255 e. The molecule has 0 radical (unpaired) electrons. The fourth-order valence-electron chi connectivity index (χ4n) is 2.97. The zero-order valence-electron chi connectivity index (χ0n) is 14.2. The molecule has 2 aliphatic rings. The number of hydrogen-bond acceptors (Lipinski definition) is 6. The van der Waals surface area contributed by atoms with Gasteiger partial charge in [0, 0.05) is 23.7 Å². The molecule has 8 nitrogen and oxygen atoms in total. The molecule has 1 fully saturated rings. The average molecular weight is 388 g/mol. The Kier molecular flexibility index (Phi) is 4.23. The topological polar surface area (TPSA) is 102 Å². The van der Waals surface area contributed by atoms with Crippen LogP contribution in [0.15, 0.2) is 42.5 Å². The van der Waals surface area contributed by atoms with Gasteiger partial charge in [-0.05, 0) is 30.3 Å². The van der Waals surface area contributed by atoms with Crippen LogP contribution < -0.4 is 19.1 Å². The van der Waals surface area contributed by atoms with Crippen molar-refractivity contribution in [3.05, 3.63) is 48.0 Å². The van der Waals surface area contributed by atoms with Crippen molar-refractivity contribution in [2.75, 3.05) is 28.6 Å². The molecule has 0 bridgehead atoms. The lowest BCUT2D eigenvalue weighted by Crippen LogP contribution is -2.29. The van der Waals surface area contributed by atoms with Gasteiger partial charge in [0.25, 0.3) is 5.91 Å². The number of carbonyl (C=O) groups excluding carboxylic acids is 2. The van der Waals surface area contributed by atoms with Gasteiger partial charge < -0.3 is 14.8 Å². The van der Waals surface area contributed by atoms with Gasteiger partial charge in [0.05, 0.1) is 11.4 Å². The number of nitrogens with zero attached hydrogens (tertiary/aromatic N) is 1. The van der Waals surface area contributed by atoms with E-state index in [4.69, 9.17) is 9.47 Å². The molecule has 27 heavy (non-hydrogen) atoms. The van der Waals surface area contributed by atoms with E-state index in [1.807, 2.05) is 0 Å². The summed E-state index contributed by atoms with van der Waals surface area (Å²) in [6, 6.07) is 11.0. The molecule has 1 N–H and O–H groups in total. The van der Waals surface area contributed by atoms with E-state index in [1.54, 1.807) is 24.3 Å². The van der Waals surface area contributed by atoms with Crippen LogP contribution in [0.3, 0.4) is 0 Å². The van der Waals surface area contributed by atoms with E-state index in [-0.39, 0.29) is 23.4 Å². The minimum atomic E-state index is -3.68. The van der Waals surface area contributed by atoms with Gasteiger partial charge in [0.15, 0.2) is 11.5 Å². The first kappa shape index (κ1) is 17.3. The van der Waals surface area contributed by atoms with Crippen LogP contribution in [0, 0.1) is 0 Å². The number of anilines is 2. The van der Waals surface area contributed by atoms with Crippen LogP contribution in [-0.4, -0.2) is 39.2 Å². The molecular weight excluding hydrogens is 372 g/mol. The number of sulfonamides is 1. The molecule has 0 atom stereocenters. The molecule has 140 valence electrons. The summed E-state index contributed by atoms with van der Waals surface area (Å²) in [5.74, 6) is -0.00284. The second kappa shape index (κ2) is 6.58. The van der Waals surface area contributed by atoms with Crippen LogP contribution in [0.25, 0.3) is 0 Å². The molecule has 0 saturated carbocycles. The summed E-state index contributed by atoms with van der Waals surface area (Å²) < 4.78 is 35.8. The minimum Gasteiger partial charge on any atom is -0.486 e. The van der Waals surface area contributed by atoms with E-state index in [1.165, 1.54) is 18.2 Å². The van der Waals surface area contributed by atoms with E-state index in [0.717, 1.165) is 4.31 Å². The number of hydrogen-bond donors (Lipinski definition) is 1. The molecule has 0 spiro atoms. The summed E-state index contributed by atoms with van der Waals surface area (Å²) in [4.78, 5) is 24.5. The molecule has 2 aliphatic heterocycles. The number of amides is 2. The van der Waals surface area contributed by atoms with Crippen LogP contribution in [0.2, 0.25) is 0 Å². The first-order chi connectivity index (χ1) is 12.9. The Bertz CT molecular complexity index is 1030. The van der Waals surface area contributed by atoms with E-state index < -0.39 is 21.8 Å². The normalized spacial score (nSPS) is 17.6. The van der Waals surface area contributed by atoms with Gasteiger partial charge in [0.1, 0.15) is 13.2 Å². The molecule has 2 amide bonds. The Morgan fingerprint density at radius 2 is 1.81 bits per heavy atom. The third-order valence-electron chi connectivity index (χ3n) is 4.22. The second-order valence-electron chi connectivity index (χ2n) is 6.09. The summed E-state index contributed by atoms with van der Waals surface area (Å²) in [5.41, 5.74) is 0.907. The fourth-order valence-corrected chi connectivity index (χ4v) is 4.42. The highest BCUT2D eigenvalue weighted by molar-refractivity contribution is 7.94. The van der Waals surface area contributed by atoms with E-state index in [2.05, 4.69) is 5.32 Å². The van der Waals surface area contributed by atoms with Crippen LogP contribution in [0.4, 0.5) is 11.4 Å². The molecule has 9 heteroatoms. The Morgan fingerprint density at radius 1 is 1.04 bits per heavy atom. The van der Waals surface area contributed by atoms with Crippen LogP contribution in [0.5, 0.6) is 11.5 Å². The van der Waals surface area contributed by atoms with Crippen molar-refractivity contribution in [2.45, 2.75) is 6.42 Å². The standard InChI is InChI=1S/C18H16N2O6S/c21-17-6-9-27(23,24)20(17)14-3-1-2-12(10-14)18(22)19-13-4-5-15-16(11-13)26-8-7-25-15/h1-5,10-11H,6-9H2,(H,19,22). The van der Waals surface area contributed by atoms with Gasteiger partial charge in [-0.2, -0.15) is 0 Å². The number of carbonyl (C=O) groups is 2. The van der Waals surface area contributed by atoms with Crippen LogP contribution in [0.1, 0.15) is 16.8 Å². The lowest BCUT2D eigenvalue weighted by Gasteiger charge is -2.19. The highest BCUT2D eigenvalue weighted by atomic mass is 32.2. The number of benzene rings is 2. The summed E-state index contributed by atoms with van der Waals surface area (Å²) in [7, 11) is -3.68. The van der Waals surface area contributed by atoms with Gasteiger partial charge in [-0.1, -0.05) is 6.07 Å². The highest BCUT2D eigenvalue weighted by Crippen LogP contribution is 2.33. The largest absolute Gasteiger partial charge is 0.486 e. The van der Waals surface area contributed by atoms with Gasteiger partial charge in [0.2, 0.25) is 15.9 Å².